The summed E-state index contributed by atoms with van der Waals surface area (Å²) >= 11 is 15.4. The molecule has 0 aliphatic carbocycles. The standard InChI is InChI=1S/C15H12BrCl2NO/c1-19(9-10-4-2-5-11(17)8-10)15(20)12-6-3-7-13(16)14(12)18/h2-8H,9H2,1H3. The number of nitrogens with zero attached hydrogens (tertiary/aromatic N) is 1. The maximum atomic E-state index is 12.4. The molecule has 0 saturated carbocycles. The molecule has 0 unspecified atom stereocenters. The second-order valence-electron chi connectivity index (χ2n) is 4.39. The molecule has 104 valence electrons. The van der Waals surface area contributed by atoms with E-state index < -0.39 is 0 Å². The Labute approximate surface area is 136 Å². The van der Waals surface area contributed by atoms with Gasteiger partial charge in [0.05, 0.1) is 10.6 Å². The largest absolute Gasteiger partial charge is 0.337 e. The number of amides is 1. The third kappa shape index (κ3) is 3.54. The van der Waals surface area contributed by atoms with Gasteiger partial charge in [-0.15, -0.1) is 0 Å². The fraction of sp³-hybridized carbons (Fsp3) is 0.133. The molecule has 2 rings (SSSR count). The van der Waals surface area contributed by atoms with E-state index in [0.717, 1.165) is 5.56 Å². The number of benzene rings is 2. The molecule has 0 bridgehead atoms. The monoisotopic (exact) mass is 371 g/mol. The van der Waals surface area contributed by atoms with Crippen LogP contribution in [-0.2, 0) is 6.54 Å². The van der Waals surface area contributed by atoms with Crippen molar-refractivity contribution in [3.63, 3.8) is 0 Å². The number of carbonyl (C=O) groups is 1. The minimum Gasteiger partial charge on any atom is -0.337 e. The highest BCUT2D eigenvalue weighted by molar-refractivity contribution is 9.10. The first kappa shape index (κ1) is 15.4. The molecule has 0 aliphatic heterocycles. The van der Waals surface area contributed by atoms with E-state index in [4.69, 9.17) is 23.2 Å². The number of hydrogen-bond donors (Lipinski definition) is 0. The lowest BCUT2D eigenvalue weighted by Gasteiger charge is -2.18. The molecule has 0 spiro atoms. The number of halogens is 3. The van der Waals surface area contributed by atoms with E-state index in [-0.39, 0.29) is 5.91 Å². The summed E-state index contributed by atoms with van der Waals surface area (Å²) in [4.78, 5) is 14.0. The first-order chi connectivity index (χ1) is 9.49. The summed E-state index contributed by atoms with van der Waals surface area (Å²) in [5, 5.41) is 1.08. The molecule has 2 nitrogen and oxygen atoms in total. The summed E-state index contributed by atoms with van der Waals surface area (Å²) in [5.41, 5.74) is 1.45. The van der Waals surface area contributed by atoms with Crippen LogP contribution < -0.4 is 0 Å². The Morgan fingerprint density at radius 1 is 1.20 bits per heavy atom. The van der Waals surface area contributed by atoms with Crippen molar-refractivity contribution in [2.24, 2.45) is 0 Å². The van der Waals surface area contributed by atoms with E-state index in [9.17, 15) is 4.79 Å². The summed E-state index contributed by atoms with van der Waals surface area (Å²) in [6, 6.07) is 12.7. The zero-order chi connectivity index (χ0) is 14.7. The maximum absolute atomic E-state index is 12.4. The normalized spacial score (nSPS) is 10.4. The minimum absolute atomic E-state index is 0.128. The van der Waals surface area contributed by atoms with Gasteiger partial charge in [0.1, 0.15) is 0 Å². The Morgan fingerprint density at radius 3 is 2.60 bits per heavy atom. The van der Waals surface area contributed by atoms with E-state index in [1.807, 2.05) is 18.2 Å². The van der Waals surface area contributed by atoms with Crippen molar-refractivity contribution in [2.45, 2.75) is 6.54 Å². The lowest BCUT2D eigenvalue weighted by molar-refractivity contribution is 0.0785. The van der Waals surface area contributed by atoms with Crippen molar-refractivity contribution >= 4 is 45.0 Å². The number of rotatable bonds is 3. The first-order valence-electron chi connectivity index (χ1n) is 5.93. The van der Waals surface area contributed by atoms with Gasteiger partial charge in [0.25, 0.3) is 5.91 Å². The highest BCUT2D eigenvalue weighted by Gasteiger charge is 2.16. The lowest BCUT2D eigenvalue weighted by Crippen LogP contribution is -2.26. The van der Waals surface area contributed by atoms with E-state index >= 15 is 0 Å². The Bertz CT molecular complexity index is 646. The van der Waals surface area contributed by atoms with Crippen molar-refractivity contribution in [1.29, 1.82) is 0 Å². The van der Waals surface area contributed by atoms with Crippen LogP contribution in [0.2, 0.25) is 10.0 Å². The predicted octanol–water partition coefficient (Wildman–Crippen LogP) is 5.03. The smallest absolute Gasteiger partial charge is 0.255 e. The van der Waals surface area contributed by atoms with Crippen LogP contribution in [0.25, 0.3) is 0 Å². The van der Waals surface area contributed by atoms with Gasteiger partial charge in [-0.25, -0.2) is 0 Å². The summed E-state index contributed by atoms with van der Waals surface area (Å²) in [5.74, 6) is -0.128. The average Bonchev–Trinajstić information content (AvgIpc) is 2.41. The maximum Gasteiger partial charge on any atom is 0.255 e. The second-order valence-corrected chi connectivity index (χ2v) is 6.06. The molecular formula is C15H12BrCl2NO. The fourth-order valence-electron chi connectivity index (χ4n) is 1.86. The third-order valence-electron chi connectivity index (χ3n) is 2.84. The molecule has 0 radical (unpaired) electrons. The molecule has 0 aliphatic rings. The van der Waals surface area contributed by atoms with Crippen LogP contribution in [0.1, 0.15) is 15.9 Å². The topological polar surface area (TPSA) is 20.3 Å². The molecule has 0 heterocycles. The molecule has 5 heteroatoms. The molecule has 2 aromatic rings. The predicted molar refractivity (Wildman–Crippen MR) is 86.4 cm³/mol. The van der Waals surface area contributed by atoms with Gasteiger partial charge in [-0.1, -0.05) is 41.4 Å². The van der Waals surface area contributed by atoms with E-state index in [1.54, 1.807) is 36.2 Å². The van der Waals surface area contributed by atoms with Gasteiger partial charge in [-0.05, 0) is 45.8 Å². The Balaban J connectivity index is 2.19. The van der Waals surface area contributed by atoms with Crippen molar-refractivity contribution < 1.29 is 4.79 Å². The quantitative estimate of drug-likeness (QED) is 0.739. The van der Waals surface area contributed by atoms with Crippen LogP contribution in [0.3, 0.4) is 0 Å². The SMILES string of the molecule is CN(Cc1cccc(Cl)c1)C(=O)c1cccc(Br)c1Cl. The van der Waals surface area contributed by atoms with Gasteiger partial charge in [-0.3, -0.25) is 4.79 Å². The van der Waals surface area contributed by atoms with Gasteiger partial charge in [0, 0.05) is 23.1 Å². The molecule has 0 fully saturated rings. The van der Waals surface area contributed by atoms with Crippen LogP contribution in [0.5, 0.6) is 0 Å². The Morgan fingerprint density at radius 2 is 1.90 bits per heavy atom. The van der Waals surface area contributed by atoms with Crippen molar-refractivity contribution in [3.8, 4) is 0 Å². The van der Waals surface area contributed by atoms with E-state index in [0.29, 0.717) is 26.6 Å². The molecule has 2 aromatic carbocycles. The molecule has 0 saturated heterocycles. The molecule has 20 heavy (non-hydrogen) atoms. The van der Waals surface area contributed by atoms with E-state index in [1.165, 1.54) is 0 Å². The first-order valence-corrected chi connectivity index (χ1v) is 7.48. The van der Waals surface area contributed by atoms with Crippen LogP contribution in [0.15, 0.2) is 46.9 Å². The minimum atomic E-state index is -0.128. The Kier molecular flexibility index (Phi) is 5.08. The molecule has 0 atom stereocenters. The van der Waals surface area contributed by atoms with Gasteiger partial charge < -0.3 is 4.90 Å². The zero-order valence-corrected chi connectivity index (χ0v) is 13.8. The van der Waals surface area contributed by atoms with Gasteiger partial charge in [0.2, 0.25) is 0 Å². The van der Waals surface area contributed by atoms with Crippen LogP contribution in [-0.4, -0.2) is 17.9 Å². The number of carbonyl (C=O) groups excluding carboxylic acids is 1. The van der Waals surface area contributed by atoms with Crippen molar-refractivity contribution in [2.75, 3.05) is 7.05 Å². The van der Waals surface area contributed by atoms with E-state index in [2.05, 4.69) is 15.9 Å². The fourth-order valence-corrected chi connectivity index (χ4v) is 2.64. The summed E-state index contributed by atoms with van der Waals surface area (Å²) in [6.45, 7) is 0.474. The zero-order valence-electron chi connectivity index (χ0n) is 10.7. The molecule has 1 amide bonds. The molecular weight excluding hydrogens is 361 g/mol. The second kappa shape index (κ2) is 6.61. The average molecular weight is 373 g/mol. The van der Waals surface area contributed by atoms with Crippen LogP contribution >= 0.6 is 39.1 Å². The molecule has 0 N–H and O–H groups in total. The third-order valence-corrected chi connectivity index (χ3v) is 4.37. The van der Waals surface area contributed by atoms with Crippen molar-refractivity contribution in [1.82, 2.24) is 4.90 Å². The highest BCUT2D eigenvalue weighted by Crippen LogP contribution is 2.27. The highest BCUT2D eigenvalue weighted by atomic mass is 79.9. The summed E-state index contributed by atoms with van der Waals surface area (Å²) in [6.07, 6.45) is 0. The van der Waals surface area contributed by atoms with Gasteiger partial charge in [-0.2, -0.15) is 0 Å². The van der Waals surface area contributed by atoms with Gasteiger partial charge in [0.15, 0.2) is 0 Å². The van der Waals surface area contributed by atoms with Crippen LogP contribution in [0.4, 0.5) is 0 Å². The number of hydrogen-bond acceptors (Lipinski definition) is 1. The molecule has 0 aromatic heterocycles. The summed E-state index contributed by atoms with van der Waals surface area (Å²) in [7, 11) is 1.74. The van der Waals surface area contributed by atoms with Crippen LogP contribution in [0, 0.1) is 0 Å². The van der Waals surface area contributed by atoms with Gasteiger partial charge >= 0.3 is 0 Å². The lowest BCUT2D eigenvalue weighted by atomic mass is 10.1. The summed E-state index contributed by atoms with van der Waals surface area (Å²) < 4.78 is 0.709. The Hall–Kier alpha value is -1.03. The van der Waals surface area contributed by atoms with Crippen molar-refractivity contribution in [3.05, 3.63) is 68.1 Å².